The van der Waals surface area contributed by atoms with Gasteiger partial charge in [0.15, 0.2) is 5.58 Å². The fraction of sp³-hybridized carbons (Fsp3) is 0.444. The van der Waals surface area contributed by atoms with Gasteiger partial charge < -0.3 is 9.26 Å². The minimum absolute atomic E-state index is 0.0277. The number of hydrogen-bond acceptors (Lipinski definition) is 6. The van der Waals surface area contributed by atoms with Crippen LogP contribution in [0.5, 0.6) is 0 Å². The van der Waals surface area contributed by atoms with Gasteiger partial charge in [-0.15, -0.1) is 0 Å². The van der Waals surface area contributed by atoms with E-state index in [4.69, 9.17) is 4.52 Å². The molecular weight excluding hydrogens is 324 g/mol. The Hall–Kier alpha value is -2.70. The van der Waals surface area contributed by atoms with E-state index in [-0.39, 0.29) is 30.1 Å². The molecule has 2 heterocycles. The topological polar surface area (TPSA) is 89.7 Å². The van der Waals surface area contributed by atoms with Gasteiger partial charge in [0, 0.05) is 5.39 Å². The second-order valence-electron chi connectivity index (χ2n) is 6.57. The van der Waals surface area contributed by atoms with E-state index in [1.165, 1.54) is 12.0 Å². The molecule has 2 atom stereocenters. The molecule has 4 rings (SSSR count). The summed E-state index contributed by atoms with van der Waals surface area (Å²) in [6, 6.07) is 5.04. The number of anilines is 1. The molecule has 7 nitrogen and oxygen atoms in total. The van der Waals surface area contributed by atoms with Crippen molar-refractivity contribution in [1.82, 2.24) is 5.16 Å². The van der Waals surface area contributed by atoms with E-state index in [0.717, 1.165) is 25.7 Å². The molecular formula is C18H18N2O5. The van der Waals surface area contributed by atoms with Crippen molar-refractivity contribution in [2.24, 2.45) is 11.8 Å². The lowest BCUT2D eigenvalue weighted by atomic mass is 9.81. The van der Waals surface area contributed by atoms with Crippen molar-refractivity contribution in [3.63, 3.8) is 0 Å². The van der Waals surface area contributed by atoms with Gasteiger partial charge in [0.1, 0.15) is 5.69 Å². The van der Waals surface area contributed by atoms with Gasteiger partial charge in [0.2, 0.25) is 11.8 Å². The van der Waals surface area contributed by atoms with Crippen molar-refractivity contribution < 1.29 is 23.6 Å². The smallest absolute Gasteiger partial charge is 0.311 e. The third-order valence-electron chi connectivity index (χ3n) is 5.17. The van der Waals surface area contributed by atoms with E-state index in [9.17, 15) is 14.4 Å². The first-order valence-electron chi connectivity index (χ1n) is 8.43. The van der Waals surface area contributed by atoms with E-state index in [0.29, 0.717) is 22.4 Å². The van der Waals surface area contributed by atoms with Crippen molar-refractivity contribution in [2.45, 2.75) is 32.1 Å². The van der Waals surface area contributed by atoms with Crippen LogP contribution < -0.4 is 4.90 Å². The number of methoxy groups -OCH3 is 1. The fourth-order valence-corrected chi connectivity index (χ4v) is 3.87. The summed E-state index contributed by atoms with van der Waals surface area (Å²) < 4.78 is 9.88. The molecule has 1 aliphatic carbocycles. The summed E-state index contributed by atoms with van der Waals surface area (Å²) in [5.74, 6) is -1.08. The van der Waals surface area contributed by atoms with Gasteiger partial charge in [-0.05, 0) is 31.0 Å². The van der Waals surface area contributed by atoms with Crippen molar-refractivity contribution >= 4 is 34.4 Å². The highest BCUT2D eigenvalue weighted by Crippen LogP contribution is 2.40. The molecule has 2 aromatic rings. The monoisotopic (exact) mass is 342 g/mol. The Bertz CT molecular complexity index is 847. The highest BCUT2D eigenvalue weighted by molar-refractivity contribution is 6.22. The van der Waals surface area contributed by atoms with Crippen LogP contribution in [-0.2, 0) is 25.5 Å². The lowest BCUT2D eigenvalue weighted by Gasteiger charge is -2.19. The average molecular weight is 342 g/mol. The molecule has 1 aliphatic heterocycles. The van der Waals surface area contributed by atoms with Gasteiger partial charge in [-0.2, -0.15) is 0 Å². The molecule has 0 radical (unpaired) electrons. The summed E-state index contributed by atoms with van der Waals surface area (Å²) >= 11 is 0. The molecule has 1 aromatic heterocycles. The highest BCUT2D eigenvalue weighted by atomic mass is 16.5. The number of imide groups is 1. The number of ether oxygens (including phenoxy) is 1. The zero-order chi connectivity index (χ0) is 17.6. The maximum absolute atomic E-state index is 12.7. The fourth-order valence-electron chi connectivity index (χ4n) is 3.87. The van der Waals surface area contributed by atoms with Gasteiger partial charge >= 0.3 is 5.97 Å². The Balaban J connectivity index is 1.71. The number of fused-ring (bicyclic) bond motifs is 2. The summed E-state index contributed by atoms with van der Waals surface area (Å²) in [5, 5.41) is 4.51. The van der Waals surface area contributed by atoms with E-state index < -0.39 is 5.97 Å². The van der Waals surface area contributed by atoms with E-state index in [1.54, 1.807) is 18.2 Å². The molecule has 1 saturated heterocycles. The van der Waals surface area contributed by atoms with Gasteiger partial charge in [-0.1, -0.05) is 18.0 Å². The molecule has 130 valence electrons. The average Bonchev–Trinajstić information content (AvgIpc) is 3.14. The van der Waals surface area contributed by atoms with Gasteiger partial charge in [-0.3, -0.25) is 19.3 Å². The third kappa shape index (κ3) is 2.50. The number of carbonyl (C=O) groups excluding carboxylic acids is 3. The molecule has 0 N–H and O–H groups in total. The van der Waals surface area contributed by atoms with Crippen LogP contribution in [0.25, 0.3) is 11.0 Å². The molecule has 0 spiro atoms. The molecule has 1 saturated carbocycles. The number of carbonyl (C=O) groups is 3. The zero-order valence-electron chi connectivity index (χ0n) is 13.9. The first-order chi connectivity index (χ1) is 12.1. The lowest BCUT2D eigenvalue weighted by Crippen LogP contribution is -2.30. The van der Waals surface area contributed by atoms with Crippen LogP contribution >= 0.6 is 0 Å². The minimum atomic E-state index is -0.431. The predicted molar refractivity (Wildman–Crippen MR) is 87.7 cm³/mol. The van der Waals surface area contributed by atoms with Crippen LogP contribution in [-0.4, -0.2) is 30.1 Å². The molecule has 2 aliphatic rings. The Kier molecular flexibility index (Phi) is 3.78. The number of aromatic nitrogens is 1. The molecule has 25 heavy (non-hydrogen) atoms. The van der Waals surface area contributed by atoms with Crippen LogP contribution in [0.15, 0.2) is 22.7 Å². The minimum Gasteiger partial charge on any atom is -0.469 e. The van der Waals surface area contributed by atoms with Gasteiger partial charge in [0.25, 0.3) is 0 Å². The maximum atomic E-state index is 12.7. The standard InChI is InChI=1S/C18H18N2O5/c1-24-16(21)9-14-13-8-10(6-7-15(13)25-19-14)20-17(22)11-4-2-3-5-12(11)18(20)23/h6-8,11-12H,2-5,9H2,1H3. The molecule has 7 heteroatoms. The van der Waals surface area contributed by atoms with Gasteiger partial charge in [0.05, 0.1) is 31.1 Å². The van der Waals surface area contributed by atoms with Crippen LogP contribution in [0.3, 0.4) is 0 Å². The second kappa shape index (κ2) is 5.98. The molecule has 2 unspecified atom stereocenters. The Labute approximate surface area is 143 Å². The Morgan fingerprint density at radius 3 is 2.56 bits per heavy atom. The predicted octanol–water partition coefficient (Wildman–Crippen LogP) is 2.22. The van der Waals surface area contributed by atoms with Crippen LogP contribution in [0.4, 0.5) is 5.69 Å². The highest BCUT2D eigenvalue weighted by Gasteiger charge is 2.48. The summed E-state index contributed by atoms with van der Waals surface area (Å²) in [6.45, 7) is 0. The first-order valence-corrected chi connectivity index (χ1v) is 8.43. The van der Waals surface area contributed by atoms with Crippen molar-refractivity contribution in [3.8, 4) is 0 Å². The lowest BCUT2D eigenvalue weighted by molar-refractivity contribution is -0.139. The maximum Gasteiger partial charge on any atom is 0.311 e. The number of benzene rings is 1. The van der Waals surface area contributed by atoms with Crippen LogP contribution in [0.2, 0.25) is 0 Å². The zero-order valence-corrected chi connectivity index (χ0v) is 13.9. The third-order valence-corrected chi connectivity index (χ3v) is 5.17. The normalized spacial score (nSPS) is 23.2. The number of nitrogens with zero attached hydrogens (tertiary/aromatic N) is 2. The van der Waals surface area contributed by atoms with E-state index >= 15 is 0 Å². The second-order valence-corrected chi connectivity index (χ2v) is 6.57. The van der Waals surface area contributed by atoms with E-state index in [2.05, 4.69) is 9.89 Å². The summed E-state index contributed by atoms with van der Waals surface area (Å²) in [7, 11) is 1.30. The first kappa shape index (κ1) is 15.8. The Morgan fingerprint density at radius 1 is 1.24 bits per heavy atom. The van der Waals surface area contributed by atoms with Crippen LogP contribution in [0.1, 0.15) is 31.4 Å². The molecule has 2 fully saturated rings. The molecule has 1 aromatic carbocycles. The van der Waals surface area contributed by atoms with E-state index in [1.807, 2.05) is 0 Å². The molecule has 0 bridgehead atoms. The van der Waals surface area contributed by atoms with Gasteiger partial charge in [-0.25, -0.2) is 0 Å². The number of hydrogen-bond donors (Lipinski definition) is 0. The molecule has 2 amide bonds. The Morgan fingerprint density at radius 2 is 1.92 bits per heavy atom. The van der Waals surface area contributed by atoms with Crippen molar-refractivity contribution in [1.29, 1.82) is 0 Å². The van der Waals surface area contributed by atoms with Crippen LogP contribution in [0, 0.1) is 11.8 Å². The number of amides is 2. The SMILES string of the molecule is COC(=O)Cc1noc2ccc(N3C(=O)C4CCCCC4C3=O)cc12. The summed E-state index contributed by atoms with van der Waals surface area (Å²) in [4.78, 5) is 38.3. The quantitative estimate of drug-likeness (QED) is 0.627. The summed E-state index contributed by atoms with van der Waals surface area (Å²) in [6.07, 6.45) is 3.49. The largest absolute Gasteiger partial charge is 0.469 e. The number of rotatable bonds is 3. The van der Waals surface area contributed by atoms with Crippen molar-refractivity contribution in [3.05, 3.63) is 23.9 Å². The van der Waals surface area contributed by atoms with Crippen molar-refractivity contribution in [2.75, 3.05) is 12.0 Å². The number of esters is 1. The summed E-state index contributed by atoms with van der Waals surface area (Å²) in [5.41, 5.74) is 1.44.